The van der Waals surface area contributed by atoms with Gasteiger partial charge in [0.2, 0.25) is 0 Å². The number of halogens is 4. The van der Waals surface area contributed by atoms with Crippen LogP contribution in [0.25, 0.3) is 0 Å². The average molecular weight is 331 g/mol. The van der Waals surface area contributed by atoms with Crippen molar-refractivity contribution in [2.45, 2.75) is 31.1 Å². The summed E-state index contributed by atoms with van der Waals surface area (Å²) < 4.78 is 58.1. The second kappa shape index (κ2) is 5.87. The normalized spacial score (nSPS) is 28.7. The average Bonchev–Trinajstić information content (AvgIpc) is 2.44. The van der Waals surface area contributed by atoms with Crippen molar-refractivity contribution in [1.82, 2.24) is 4.90 Å². The van der Waals surface area contributed by atoms with E-state index in [0.717, 1.165) is 6.07 Å². The predicted octanol–water partition coefficient (Wildman–Crippen LogP) is 3.14. The quantitative estimate of drug-likeness (QED) is 0.616. The number of carbonyl (C=O) groups is 1. The topological polar surface area (TPSA) is 29.5 Å². The van der Waals surface area contributed by atoms with Crippen molar-refractivity contribution in [3.63, 3.8) is 0 Å². The fourth-order valence-corrected chi connectivity index (χ4v) is 3.50. The summed E-state index contributed by atoms with van der Waals surface area (Å²) in [5.74, 6) is -1.99. The van der Waals surface area contributed by atoms with Gasteiger partial charge in [0.15, 0.2) is 5.78 Å². The number of fused-ring (bicyclic) bond motifs is 2. The maximum absolute atomic E-state index is 13.4. The molecule has 0 amide bonds. The van der Waals surface area contributed by atoms with Crippen molar-refractivity contribution in [3.05, 3.63) is 35.1 Å². The number of Topliss-reactive ketones (excluding diaryl/α,β-unsaturated/α-hetero) is 1. The van der Waals surface area contributed by atoms with Gasteiger partial charge in [-0.1, -0.05) is 0 Å². The Morgan fingerprint density at radius 1 is 1.22 bits per heavy atom. The highest BCUT2D eigenvalue weighted by atomic mass is 19.4. The molecule has 0 radical (unpaired) electrons. The van der Waals surface area contributed by atoms with Gasteiger partial charge >= 0.3 is 6.18 Å². The van der Waals surface area contributed by atoms with Crippen molar-refractivity contribution in [2.24, 2.45) is 5.92 Å². The molecule has 0 spiro atoms. The van der Waals surface area contributed by atoms with E-state index in [1.807, 2.05) is 7.05 Å². The fourth-order valence-electron chi connectivity index (χ4n) is 3.50. The van der Waals surface area contributed by atoms with Crippen LogP contribution in [-0.4, -0.2) is 43.0 Å². The molecule has 2 aliphatic heterocycles. The summed E-state index contributed by atoms with van der Waals surface area (Å²) in [7, 11) is 1.93. The molecule has 126 valence electrons. The lowest BCUT2D eigenvalue weighted by atomic mass is 9.80. The first-order chi connectivity index (χ1) is 10.8. The Balaban J connectivity index is 1.90. The number of likely N-dealkylation sites (N-methyl/N-ethyl adjacent to an activating group) is 1. The molecule has 2 saturated heterocycles. The molecule has 2 atom stereocenters. The van der Waals surface area contributed by atoms with Gasteiger partial charge in [-0.2, -0.15) is 13.2 Å². The summed E-state index contributed by atoms with van der Waals surface area (Å²) in [5, 5.41) is 0. The summed E-state index contributed by atoms with van der Waals surface area (Å²) >= 11 is 0. The van der Waals surface area contributed by atoms with Crippen LogP contribution in [0.15, 0.2) is 18.2 Å². The number of ketones is 1. The van der Waals surface area contributed by atoms with Crippen LogP contribution in [0.2, 0.25) is 0 Å². The minimum Gasteiger partial charge on any atom is -0.378 e. The van der Waals surface area contributed by atoms with Gasteiger partial charge < -0.3 is 4.74 Å². The molecule has 0 aliphatic carbocycles. The molecule has 23 heavy (non-hydrogen) atoms. The summed E-state index contributed by atoms with van der Waals surface area (Å²) in [6, 6.07) is 2.10. The van der Waals surface area contributed by atoms with Crippen LogP contribution in [0, 0.1) is 11.7 Å². The second-order valence-electron chi connectivity index (χ2n) is 6.23. The molecule has 1 aromatic rings. The molecule has 7 heteroatoms. The highest BCUT2D eigenvalue weighted by Crippen LogP contribution is 2.37. The fraction of sp³-hybridized carbons (Fsp3) is 0.562. The number of benzene rings is 1. The molecule has 2 unspecified atom stereocenters. The highest BCUT2D eigenvalue weighted by molar-refractivity contribution is 5.99. The SMILES string of the molecule is CN1C2COCC1CC(C(=O)c1cc(F)ccc1C(F)(F)F)C2. The molecule has 2 fully saturated rings. The number of rotatable bonds is 2. The first-order valence-corrected chi connectivity index (χ1v) is 7.48. The second-order valence-corrected chi connectivity index (χ2v) is 6.23. The Bertz CT molecular complexity index is 603. The molecule has 1 aromatic carbocycles. The number of hydrogen-bond acceptors (Lipinski definition) is 3. The van der Waals surface area contributed by atoms with Crippen LogP contribution < -0.4 is 0 Å². The van der Waals surface area contributed by atoms with Gasteiger partial charge in [0, 0.05) is 23.6 Å². The Labute approximate surface area is 131 Å². The van der Waals surface area contributed by atoms with Crippen molar-refractivity contribution in [2.75, 3.05) is 20.3 Å². The molecule has 3 nitrogen and oxygen atoms in total. The molecule has 0 N–H and O–H groups in total. The van der Waals surface area contributed by atoms with Crippen LogP contribution in [-0.2, 0) is 10.9 Å². The van der Waals surface area contributed by atoms with Gasteiger partial charge in [0.05, 0.1) is 18.8 Å². The minimum absolute atomic E-state index is 0.0133. The maximum atomic E-state index is 13.4. The number of alkyl halides is 3. The van der Waals surface area contributed by atoms with Crippen molar-refractivity contribution >= 4 is 5.78 Å². The number of hydrogen-bond donors (Lipinski definition) is 0. The molecule has 2 aliphatic rings. The molecular formula is C16H17F4NO2. The van der Waals surface area contributed by atoms with E-state index in [1.54, 1.807) is 0 Å². The first-order valence-electron chi connectivity index (χ1n) is 7.48. The van der Waals surface area contributed by atoms with Crippen LogP contribution in [0.3, 0.4) is 0 Å². The predicted molar refractivity (Wildman–Crippen MR) is 74.6 cm³/mol. The molecule has 0 saturated carbocycles. The Morgan fingerprint density at radius 3 is 2.39 bits per heavy atom. The minimum atomic E-state index is -4.68. The third-order valence-corrected chi connectivity index (χ3v) is 4.81. The third-order valence-electron chi connectivity index (χ3n) is 4.81. The first kappa shape index (κ1) is 16.4. The van der Waals surface area contributed by atoms with Crippen molar-refractivity contribution < 1.29 is 27.1 Å². The van der Waals surface area contributed by atoms with E-state index in [9.17, 15) is 22.4 Å². The largest absolute Gasteiger partial charge is 0.417 e. The number of piperidine rings is 1. The zero-order valence-electron chi connectivity index (χ0n) is 12.6. The lowest BCUT2D eigenvalue weighted by molar-refractivity contribution is -0.138. The molecule has 3 rings (SSSR count). The van der Waals surface area contributed by atoms with Crippen molar-refractivity contribution in [1.29, 1.82) is 0 Å². The number of nitrogens with zero attached hydrogens (tertiary/aromatic N) is 1. The van der Waals surface area contributed by atoms with E-state index in [2.05, 4.69) is 4.90 Å². The van der Waals surface area contributed by atoms with Gasteiger partial charge in [-0.3, -0.25) is 9.69 Å². The van der Waals surface area contributed by atoms with Crippen molar-refractivity contribution in [3.8, 4) is 0 Å². The zero-order chi connectivity index (χ0) is 16.8. The van der Waals surface area contributed by atoms with Gasteiger partial charge in [-0.05, 0) is 38.1 Å². The Morgan fingerprint density at radius 2 is 1.83 bits per heavy atom. The summed E-state index contributed by atoms with van der Waals surface area (Å²) in [5.41, 5.74) is -1.63. The number of morpholine rings is 1. The standard InChI is InChI=1S/C16H17F4NO2/c1-21-11-4-9(5-12(21)8-23-7-11)15(22)13-6-10(17)2-3-14(13)16(18,19)20/h2-3,6,9,11-12H,4-5,7-8H2,1H3. The Kier molecular flexibility index (Phi) is 4.18. The maximum Gasteiger partial charge on any atom is 0.417 e. The van der Waals surface area contributed by atoms with E-state index < -0.39 is 34.8 Å². The number of ether oxygens (including phenoxy) is 1. The lowest BCUT2D eigenvalue weighted by Gasteiger charge is -2.46. The van der Waals surface area contributed by atoms with Gasteiger partial charge in [0.1, 0.15) is 5.82 Å². The summed E-state index contributed by atoms with van der Waals surface area (Å²) in [4.78, 5) is 14.7. The Hall–Kier alpha value is -1.47. The molecule has 0 aromatic heterocycles. The van der Waals surface area contributed by atoms with Gasteiger partial charge in [-0.15, -0.1) is 0 Å². The van der Waals surface area contributed by atoms with E-state index in [4.69, 9.17) is 4.74 Å². The van der Waals surface area contributed by atoms with Crippen LogP contribution in [0.1, 0.15) is 28.8 Å². The number of carbonyl (C=O) groups excluding carboxylic acids is 1. The van der Waals surface area contributed by atoms with Crippen LogP contribution in [0.5, 0.6) is 0 Å². The smallest absolute Gasteiger partial charge is 0.378 e. The molecule has 2 bridgehead atoms. The molecule has 2 heterocycles. The third kappa shape index (κ3) is 3.12. The highest BCUT2D eigenvalue weighted by Gasteiger charge is 2.42. The van der Waals surface area contributed by atoms with E-state index in [0.29, 0.717) is 38.2 Å². The van der Waals surface area contributed by atoms with E-state index in [1.165, 1.54) is 0 Å². The van der Waals surface area contributed by atoms with E-state index in [-0.39, 0.29) is 12.1 Å². The summed E-state index contributed by atoms with van der Waals surface area (Å²) in [6.07, 6.45) is -3.82. The van der Waals surface area contributed by atoms with E-state index >= 15 is 0 Å². The van der Waals surface area contributed by atoms with Gasteiger partial charge in [-0.25, -0.2) is 4.39 Å². The molecular weight excluding hydrogens is 314 g/mol. The monoisotopic (exact) mass is 331 g/mol. The van der Waals surface area contributed by atoms with Gasteiger partial charge in [0.25, 0.3) is 0 Å². The lowest BCUT2D eigenvalue weighted by Crippen LogP contribution is -2.55. The van der Waals surface area contributed by atoms with Crippen LogP contribution in [0.4, 0.5) is 17.6 Å². The summed E-state index contributed by atoms with van der Waals surface area (Å²) in [6.45, 7) is 0.929. The van der Waals surface area contributed by atoms with Crippen LogP contribution >= 0.6 is 0 Å². The zero-order valence-corrected chi connectivity index (χ0v) is 12.6.